The maximum absolute atomic E-state index is 11.7. The second-order valence-electron chi connectivity index (χ2n) is 5.48. The first-order chi connectivity index (χ1) is 10.0. The summed E-state index contributed by atoms with van der Waals surface area (Å²) < 4.78 is 0. The van der Waals surface area contributed by atoms with Gasteiger partial charge in [0.2, 0.25) is 11.8 Å². The first kappa shape index (κ1) is 15.8. The van der Waals surface area contributed by atoms with Crippen molar-refractivity contribution in [2.24, 2.45) is 0 Å². The Morgan fingerprint density at radius 1 is 1.33 bits per heavy atom. The number of hydrogen-bond acceptors (Lipinski definition) is 2. The summed E-state index contributed by atoms with van der Waals surface area (Å²) in [6.45, 7) is 2.61. The molecule has 0 radical (unpaired) electrons. The molecule has 2 rings (SSSR count). The minimum Gasteiger partial charge on any atom is -0.353 e. The van der Waals surface area contributed by atoms with Crippen molar-refractivity contribution in [2.75, 3.05) is 13.1 Å². The maximum atomic E-state index is 11.7. The minimum absolute atomic E-state index is 0.00347. The van der Waals surface area contributed by atoms with Crippen LogP contribution < -0.4 is 5.32 Å². The first-order valence-electron chi connectivity index (χ1n) is 7.34. The molecule has 0 bridgehead atoms. The van der Waals surface area contributed by atoms with Crippen LogP contribution >= 0.6 is 11.6 Å². The van der Waals surface area contributed by atoms with Crippen LogP contribution in [0.2, 0.25) is 5.02 Å². The number of hydrogen-bond donors (Lipinski definition) is 1. The van der Waals surface area contributed by atoms with Crippen LogP contribution in [0.1, 0.15) is 31.7 Å². The van der Waals surface area contributed by atoms with E-state index in [0.717, 1.165) is 24.8 Å². The van der Waals surface area contributed by atoms with E-state index in [-0.39, 0.29) is 11.8 Å². The molecule has 0 heterocycles. The molecule has 1 aromatic carbocycles. The summed E-state index contributed by atoms with van der Waals surface area (Å²) in [6, 6.07) is 7.99. The molecule has 0 aromatic heterocycles. The quantitative estimate of drug-likeness (QED) is 0.841. The van der Waals surface area contributed by atoms with Gasteiger partial charge in [-0.15, -0.1) is 0 Å². The molecule has 1 aliphatic carbocycles. The highest BCUT2D eigenvalue weighted by atomic mass is 35.5. The van der Waals surface area contributed by atoms with Crippen molar-refractivity contribution in [3.8, 4) is 0 Å². The summed E-state index contributed by atoms with van der Waals surface area (Å²) in [6.07, 6.45) is 3.27. The molecular weight excluding hydrogens is 288 g/mol. The number of amides is 2. The van der Waals surface area contributed by atoms with Crippen LogP contribution in [-0.2, 0) is 16.0 Å². The van der Waals surface area contributed by atoms with E-state index >= 15 is 0 Å². The van der Waals surface area contributed by atoms with Crippen LogP contribution in [0.5, 0.6) is 0 Å². The molecule has 21 heavy (non-hydrogen) atoms. The predicted molar refractivity (Wildman–Crippen MR) is 83.2 cm³/mol. The largest absolute Gasteiger partial charge is 0.353 e. The fraction of sp³-hybridized carbons (Fsp3) is 0.500. The average Bonchev–Trinajstić information content (AvgIpc) is 3.22. The zero-order valence-corrected chi connectivity index (χ0v) is 13.0. The molecule has 1 N–H and O–H groups in total. The average molecular weight is 309 g/mol. The number of carbonyl (C=O) groups excluding carboxylic acids is 2. The molecule has 0 atom stereocenters. The van der Waals surface area contributed by atoms with E-state index in [4.69, 9.17) is 11.6 Å². The van der Waals surface area contributed by atoms with Gasteiger partial charge in [-0.05, 0) is 37.0 Å². The minimum atomic E-state index is -0.00347. The molecule has 0 spiro atoms. The second kappa shape index (κ2) is 7.46. The van der Waals surface area contributed by atoms with Crippen molar-refractivity contribution >= 4 is 23.4 Å². The Bertz CT molecular complexity index is 515. The van der Waals surface area contributed by atoms with E-state index < -0.39 is 0 Å². The summed E-state index contributed by atoms with van der Waals surface area (Å²) in [5.41, 5.74) is 1.09. The van der Waals surface area contributed by atoms with E-state index in [1.165, 1.54) is 6.92 Å². The van der Waals surface area contributed by atoms with E-state index in [9.17, 15) is 9.59 Å². The Kier molecular flexibility index (Phi) is 5.62. The standard InChI is InChI=1S/C16H21ClN2O2/c1-12(20)19(10-8-16(21)18-15-5-6-15)9-7-13-3-2-4-14(17)11-13/h2-4,11,15H,5-10H2,1H3,(H,18,21). The van der Waals surface area contributed by atoms with Gasteiger partial charge >= 0.3 is 0 Å². The van der Waals surface area contributed by atoms with Crippen molar-refractivity contribution in [3.05, 3.63) is 34.9 Å². The summed E-state index contributed by atoms with van der Waals surface area (Å²) in [5, 5.41) is 3.63. The molecule has 1 aromatic rings. The molecule has 1 fully saturated rings. The third kappa shape index (κ3) is 5.76. The molecule has 0 saturated heterocycles. The summed E-state index contributed by atoms with van der Waals surface area (Å²) in [5.74, 6) is 0.0303. The van der Waals surface area contributed by atoms with Gasteiger partial charge in [-0.25, -0.2) is 0 Å². The van der Waals surface area contributed by atoms with Crippen molar-refractivity contribution in [1.29, 1.82) is 0 Å². The fourth-order valence-electron chi connectivity index (χ4n) is 2.15. The smallest absolute Gasteiger partial charge is 0.221 e. The number of benzene rings is 1. The van der Waals surface area contributed by atoms with E-state index in [1.807, 2.05) is 24.3 Å². The normalized spacial score (nSPS) is 13.8. The number of carbonyl (C=O) groups is 2. The lowest BCUT2D eigenvalue weighted by molar-refractivity contribution is -0.129. The van der Waals surface area contributed by atoms with Crippen molar-refractivity contribution in [3.63, 3.8) is 0 Å². The Labute approximate surface area is 130 Å². The van der Waals surface area contributed by atoms with Gasteiger partial charge in [0.15, 0.2) is 0 Å². The van der Waals surface area contributed by atoms with Crippen LogP contribution in [0.15, 0.2) is 24.3 Å². The second-order valence-corrected chi connectivity index (χ2v) is 5.91. The third-order valence-electron chi connectivity index (χ3n) is 3.56. The molecule has 1 aliphatic rings. The third-order valence-corrected chi connectivity index (χ3v) is 3.79. The fourth-order valence-corrected chi connectivity index (χ4v) is 2.36. The Morgan fingerprint density at radius 3 is 2.71 bits per heavy atom. The molecule has 1 saturated carbocycles. The number of rotatable bonds is 7. The molecule has 2 amide bonds. The number of nitrogens with zero attached hydrogens (tertiary/aromatic N) is 1. The number of nitrogens with one attached hydrogen (secondary N) is 1. The lowest BCUT2D eigenvalue weighted by Crippen LogP contribution is -2.35. The maximum Gasteiger partial charge on any atom is 0.221 e. The Balaban J connectivity index is 1.78. The van der Waals surface area contributed by atoms with Gasteiger partial charge in [0.1, 0.15) is 0 Å². The van der Waals surface area contributed by atoms with Crippen LogP contribution in [0, 0.1) is 0 Å². The summed E-state index contributed by atoms with van der Waals surface area (Å²) >= 11 is 5.95. The topological polar surface area (TPSA) is 49.4 Å². The summed E-state index contributed by atoms with van der Waals surface area (Å²) in [7, 11) is 0. The van der Waals surface area contributed by atoms with Gasteiger partial charge in [0.25, 0.3) is 0 Å². The summed E-state index contributed by atoms with van der Waals surface area (Å²) in [4.78, 5) is 25.0. The van der Waals surface area contributed by atoms with Gasteiger partial charge < -0.3 is 10.2 Å². The van der Waals surface area contributed by atoms with Gasteiger partial charge in [-0.3, -0.25) is 9.59 Å². The van der Waals surface area contributed by atoms with Crippen LogP contribution in [0.25, 0.3) is 0 Å². The highest BCUT2D eigenvalue weighted by Gasteiger charge is 2.23. The molecule has 0 aliphatic heterocycles. The number of halogens is 1. The molecular formula is C16H21ClN2O2. The monoisotopic (exact) mass is 308 g/mol. The zero-order chi connectivity index (χ0) is 15.2. The zero-order valence-electron chi connectivity index (χ0n) is 12.3. The highest BCUT2D eigenvalue weighted by molar-refractivity contribution is 6.30. The van der Waals surface area contributed by atoms with E-state index in [2.05, 4.69) is 5.32 Å². The predicted octanol–water partition coefficient (Wildman–Crippen LogP) is 2.40. The molecule has 4 nitrogen and oxygen atoms in total. The van der Waals surface area contributed by atoms with Crippen LogP contribution in [-0.4, -0.2) is 35.8 Å². The lowest BCUT2D eigenvalue weighted by atomic mass is 10.1. The Hall–Kier alpha value is -1.55. The first-order valence-corrected chi connectivity index (χ1v) is 7.71. The lowest BCUT2D eigenvalue weighted by Gasteiger charge is -2.21. The van der Waals surface area contributed by atoms with Gasteiger partial charge in [-0.1, -0.05) is 23.7 Å². The molecule has 114 valence electrons. The van der Waals surface area contributed by atoms with Gasteiger partial charge in [-0.2, -0.15) is 0 Å². The van der Waals surface area contributed by atoms with E-state index in [1.54, 1.807) is 4.90 Å². The molecule has 0 unspecified atom stereocenters. The van der Waals surface area contributed by atoms with Crippen molar-refractivity contribution in [1.82, 2.24) is 10.2 Å². The van der Waals surface area contributed by atoms with Crippen molar-refractivity contribution < 1.29 is 9.59 Å². The van der Waals surface area contributed by atoms with E-state index in [0.29, 0.717) is 30.6 Å². The van der Waals surface area contributed by atoms with Crippen LogP contribution in [0.3, 0.4) is 0 Å². The highest BCUT2D eigenvalue weighted by Crippen LogP contribution is 2.18. The Morgan fingerprint density at radius 2 is 2.10 bits per heavy atom. The SMILES string of the molecule is CC(=O)N(CCC(=O)NC1CC1)CCc1cccc(Cl)c1. The van der Waals surface area contributed by atoms with Gasteiger partial charge in [0.05, 0.1) is 0 Å². The van der Waals surface area contributed by atoms with Gasteiger partial charge in [0, 0.05) is 37.5 Å². The van der Waals surface area contributed by atoms with Crippen molar-refractivity contribution in [2.45, 2.75) is 38.6 Å². The molecule has 5 heteroatoms. The van der Waals surface area contributed by atoms with Crippen LogP contribution in [0.4, 0.5) is 0 Å².